The van der Waals surface area contributed by atoms with E-state index in [9.17, 15) is 66.7 Å². The van der Waals surface area contributed by atoms with Crippen LogP contribution in [0.3, 0.4) is 0 Å². The maximum Gasteiger partial charge on any atom is 0.416 e. The van der Waals surface area contributed by atoms with Crippen molar-refractivity contribution in [2.24, 2.45) is 0 Å². The molecule has 0 heterocycles. The lowest BCUT2D eigenvalue weighted by molar-refractivity contribution is -0.138. The predicted octanol–water partition coefficient (Wildman–Crippen LogP) is 16.6. The summed E-state index contributed by atoms with van der Waals surface area (Å²) in [7, 11) is 0. The molecule has 16 heteroatoms. The van der Waals surface area contributed by atoms with Crippen molar-refractivity contribution in [2.75, 3.05) is 0 Å². The molecule has 0 amide bonds. The SMILES string of the molecule is Cc1cc(Br)cc(C(F)(F)F)c1.Cc1cc(C2=c3cc4c(cc3-c3ccc(F)cc32)=c2ccc(F)cc2=C4c2cc(C)cc(C(F)(F)F)c2)cc(C(F)(F)F)c1.O=c1c2cc(F)ccc2c2cc3c(cc12)c(=O)c1cc(F)ccc13. The highest BCUT2D eigenvalue weighted by molar-refractivity contribution is 9.10. The summed E-state index contributed by atoms with van der Waals surface area (Å²) in [5.41, 5.74) is 1.68. The lowest BCUT2D eigenvalue weighted by Crippen LogP contribution is -2.12. The average molecular weight is 1160 g/mol. The number of hydrogen-bond donors (Lipinski definition) is 0. The lowest BCUT2D eigenvalue weighted by atomic mass is 9.92. The van der Waals surface area contributed by atoms with Gasteiger partial charge in [0.25, 0.3) is 0 Å². The molecule has 0 N–H and O–H groups in total. The minimum atomic E-state index is -4.63. The number of fused-ring (bicyclic) bond motifs is 11. The van der Waals surface area contributed by atoms with Gasteiger partial charge in [0, 0.05) is 26.0 Å². The van der Waals surface area contributed by atoms with Gasteiger partial charge in [0.15, 0.2) is 10.9 Å². The number of aryl methyl sites for hydroxylation is 3. The van der Waals surface area contributed by atoms with E-state index in [1.165, 1.54) is 62.4 Å². The van der Waals surface area contributed by atoms with Gasteiger partial charge >= 0.3 is 18.5 Å². The smallest absolute Gasteiger partial charge is 0.289 e. The summed E-state index contributed by atoms with van der Waals surface area (Å²) in [4.78, 5) is 25.1. The summed E-state index contributed by atoms with van der Waals surface area (Å²) in [6.07, 6.45) is -13.5. The Bertz CT molecular complexity index is 4690. The summed E-state index contributed by atoms with van der Waals surface area (Å²) in [5.74, 6) is -2.09. The van der Waals surface area contributed by atoms with E-state index in [0.29, 0.717) is 119 Å². The van der Waals surface area contributed by atoms with Gasteiger partial charge in [0.2, 0.25) is 0 Å². The molecule has 400 valence electrons. The Balaban J connectivity index is 0.000000155. The third-order valence-corrected chi connectivity index (χ3v) is 14.7. The Morgan fingerprint density at radius 2 is 0.725 bits per heavy atom. The molecule has 0 atom stereocenters. The van der Waals surface area contributed by atoms with E-state index in [1.54, 1.807) is 73.7 Å². The first-order chi connectivity index (χ1) is 37.6. The summed E-state index contributed by atoms with van der Waals surface area (Å²) >= 11 is 3.01. The van der Waals surface area contributed by atoms with Crippen molar-refractivity contribution in [3.63, 3.8) is 0 Å². The third-order valence-electron chi connectivity index (χ3n) is 14.2. The Kier molecular flexibility index (Phi) is 12.9. The standard InChI is InChI=1S/C36H20F8.C20H8F2O2.C8H6BrF3/c1-17-7-19(11-21(9-17)35(39,40)41)33-29-13-23(37)3-5-25(29)27-15-28-26-6-4-24(38)14-30(26)34(32(28)16-31(27)33)20-8-18(2)10-22(12-20)36(42,43)44;21-9-1-3-11-13-7-14-12-4-2-10(22)6-16(12)20(24)18(14)8-17(13)19(23)15(11)5-9;1-5-2-6(8(10,11)12)4-7(9)3-5/h3-16H,1-2H3;1-8H;2-4H,1H3. The molecule has 2 nitrogen and oxygen atoms in total. The number of hydrogen-bond acceptors (Lipinski definition) is 2. The van der Waals surface area contributed by atoms with E-state index >= 15 is 0 Å². The first-order valence-electron chi connectivity index (χ1n) is 24.3. The van der Waals surface area contributed by atoms with Crippen LogP contribution >= 0.6 is 15.9 Å². The Labute approximate surface area is 452 Å². The fraction of sp³-hybridized carbons (Fsp3) is 0.0938. The zero-order chi connectivity index (χ0) is 57.2. The zero-order valence-corrected chi connectivity index (χ0v) is 43.1. The molecule has 0 unspecified atom stereocenters. The first kappa shape index (κ1) is 53.6. The van der Waals surface area contributed by atoms with E-state index in [1.807, 2.05) is 0 Å². The molecule has 2 aliphatic rings. The predicted molar refractivity (Wildman–Crippen MR) is 286 cm³/mol. The second-order valence-electron chi connectivity index (χ2n) is 19.7. The van der Waals surface area contributed by atoms with Crippen LogP contribution < -0.4 is 21.3 Å². The molecule has 0 radical (unpaired) electrons. The minimum Gasteiger partial charge on any atom is -0.289 e. The fourth-order valence-corrected chi connectivity index (χ4v) is 11.6. The number of alkyl halides is 9. The van der Waals surface area contributed by atoms with Gasteiger partial charge in [-0.05, 0) is 240 Å². The van der Waals surface area contributed by atoms with Gasteiger partial charge < -0.3 is 0 Å². The summed E-state index contributed by atoms with van der Waals surface area (Å²) in [6, 6.07) is 34.3. The molecule has 0 saturated heterocycles. The average Bonchev–Trinajstić information content (AvgIpc) is 4.25. The van der Waals surface area contributed by atoms with Gasteiger partial charge in [0.05, 0.1) is 16.7 Å². The van der Waals surface area contributed by atoms with Gasteiger partial charge in [0.1, 0.15) is 23.3 Å². The van der Waals surface area contributed by atoms with Crippen molar-refractivity contribution in [2.45, 2.75) is 39.3 Å². The normalized spacial score (nSPS) is 12.9. The van der Waals surface area contributed by atoms with Crippen molar-refractivity contribution in [1.29, 1.82) is 0 Å². The molecule has 11 aromatic carbocycles. The Hall–Kier alpha value is -8.37. The van der Waals surface area contributed by atoms with Crippen LogP contribution in [0, 0.1) is 54.5 Å². The molecule has 2 aliphatic carbocycles. The quantitative estimate of drug-likeness (QED) is 0.162. The third kappa shape index (κ3) is 9.52. The van der Waals surface area contributed by atoms with Gasteiger partial charge in [-0.15, -0.1) is 0 Å². The van der Waals surface area contributed by atoms with Crippen LogP contribution in [-0.2, 0) is 18.5 Å². The number of halogens is 14. The molecule has 0 aliphatic heterocycles. The minimum absolute atomic E-state index is 0.223. The second kappa shape index (κ2) is 19.2. The van der Waals surface area contributed by atoms with Crippen molar-refractivity contribution in [3.8, 4) is 11.1 Å². The topological polar surface area (TPSA) is 34.1 Å². The molecule has 13 rings (SSSR count). The largest absolute Gasteiger partial charge is 0.416 e. The Morgan fingerprint density at radius 1 is 0.312 bits per heavy atom. The second-order valence-corrected chi connectivity index (χ2v) is 20.7. The highest BCUT2D eigenvalue weighted by atomic mass is 79.9. The maximum absolute atomic E-state index is 14.6. The molecule has 0 saturated carbocycles. The molecule has 0 aromatic heterocycles. The van der Waals surface area contributed by atoms with Gasteiger partial charge in [-0.25, -0.2) is 17.6 Å². The van der Waals surface area contributed by atoms with Crippen LogP contribution in [0.2, 0.25) is 0 Å². The molecule has 0 bridgehead atoms. The van der Waals surface area contributed by atoms with Crippen LogP contribution in [0.5, 0.6) is 0 Å². The van der Waals surface area contributed by atoms with Crippen molar-refractivity contribution < 1.29 is 57.1 Å². The molecular weight excluding hydrogens is 1130 g/mol. The maximum atomic E-state index is 14.6. The number of rotatable bonds is 2. The van der Waals surface area contributed by atoms with Gasteiger partial charge in [-0.2, -0.15) is 39.5 Å². The fourth-order valence-electron chi connectivity index (χ4n) is 11.0. The highest BCUT2D eigenvalue weighted by Crippen LogP contribution is 2.42. The van der Waals surface area contributed by atoms with Crippen molar-refractivity contribution >= 4 is 70.2 Å². The van der Waals surface area contributed by atoms with Crippen LogP contribution in [0.1, 0.15) is 55.6 Å². The summed E-state index contributed by atoms with van der Waals surface area (Å²) < 4.78 is 176. The van der Waals surface area contributed by atoms with Crippen molar-refractivity contribution in [3.05, 3.63) is 276 Å². The first-order valence-corrected chi connectivity index (χ1v) is 25.1. The lowest BCUT2D eigenvalue weighted by Gasteiger charge is -2.14. The molecule has 80 heavy (non-hydrogen) atoms. The van der Waals surface area contributed by atoms with E-state index in [-0.39, 0.29) is 22.0 Å². The summed E-state index contributed by atoms with van der Waals surface area (Å²) in [6.45, 7) is 4.70. The summed E-state index contributed by atoms with van der Waals surface area (Å²) in [5, 5.41) is 6.17. The van der Waals surface area contributed by atoms with E-state index in [0.717, 1.165) is 36.4 Å². The number of benzene rings is 9. The highest BCUT2D eigenvalue weighted by Gasteiger charge is 2.35. The van der Waals surface area contributed by atoms with Crippen LogP contribution in [0.25, 0.3) is 65.4 Å². The van der Waals surface area contributed by atoms with Gasteiger partial charge in [-0.3, -0.25) is 9.59 Å². The van der Waals surface area contributed by atoms with Gasteiger partial charge in [-0.1, -0.05) is 52.3 Å². The van der Waals surface area contributed by atoms with Crippen LogP contribution in [0.15, 0.2) is 166 Å². The van der Waals surface area contributed by atoms with Crippen molar-refractivity contribution in [1.82, 2.24) is 0 Å². The molecule has 11 aromatic rings. The molecule has 0 spiro atoms. The van der Waals surface area contributed by atoms with E-state index in [2.05, 4.69) is 15.9 Å². The van der Waals surface area contributed by atoms with E-state index < -0.39 is 58.5 Å². The Morgan fingerprint density at radius 3 is 1.24 bits per heavy atom. The molecule has 0 fully saturated rings. The monoisotopic (exact) mass is 1160 g/mol. The zero-order valence-electron chi connectivity index (χ0n) is 41.5. The van der Waals surface area contributed by atoms with Crippen LogP contribution in [-0.4, -0.2) is 0 Å². The van der Waals surface area contributed by atoms with E-state index in [4.69, 9.17) is 0 Å². The molecular formula is C64H34BrF13O2. The van der Waals surface area contributed by atoms with Crippen LogP contribution in [0.4, 0.5) is 57.1 Å².